The Labute approximate surface area is 202 Å². The summed E-state index contributed by atoms with van der Waals surface area (Å²) in [7, 11) is 1.54. The lowest BCUT2D eigenvalue weighted by atomic mass is 9.74. The number of Topliss-reactive ketones (excluding diaryl/α,β-unsaturated/α-hetero) is 1. The number of ether oxygens (including phenoxy) is 1. The number of likely N-dealkylation sites (N-methyl/N-ethyl adjacent to an activating group) is 1. The molecule has 0 saturated heterocycles. The van der Waals surface area contributed by atoms with E-state index in [9.17, 15) is 19.2 Å². The first-order valence-electron chi connectivity index (χ1n) is 11.0. The minimum atomic E-state index is -1.19. The monoisotopic (exact) mass is 487 g/mol. The minimum Gasteiger partial charge on any atom is -0.388 e. The van der Waals surface area contributed by atoms with E-state index in [1.807, 2.05) is 0 Å². The molecule has 1 atom stereocenters. The molecule has 2 aromatic rings. The van der Waals surface area contributed by atoms with Crippen molar-refractivity contribution in [3.8, 4) is 0 Å². The number of aromatic nitrogens is 1. The van der Waals surface area contributed by atoms with Gasteiger partial charge >= 0.3 is 6.09 Å². The Hall–Kier alpha value is -3.46. The third-order valence-corrected chi connectivity index (χ3v) is 6.26. The molecule has 1 heterocycles. The van der Waals surface area contributed by atoms with Crippen LogP contribution in [0.3, 0.4) is 0 Å². The maximum absolute atomic E-state index is 13.2. The van der Waals surface area contributed by atoms with Crippen molar-refractivity contribution >= 4 is 35.3 Å². The van der Waals surface area contributed by atoms with Gasteiger partial charge in [0.25, 0.3) is 12.6 Å². The molecule has 34 heavy (non-hydrogen) atoms. The Morgan fingerprint density at radius 1 is 1.21 bits per heavy atom. The number of ketones is 1. The quantitative estimate of drug-likeness (QED) is 0.553. The van der Waals surface area contributed by atoms with Crippen molar-refractivity contribution in [1.82, 2.24) is 10.2 Å². The van der Waals surface area contributed by atoms with Crippen molar-refractivity contribution in [2.75, 3.05) is 13.6 Å². The Balaban J connectivity index is 1.72. The fourth-order valence-corrected chi connectivity index (χ4v) is 4.44. The number of primary amides is 1. The van der Waals surface area contributed by atoms with Gasteiger partial charge in [0.2, 0.25) is 5.91 Å². The van der Waals surface area contributed by atoms with Crippen molar-refractivity contribution in [1.29, 1.82) is 0 Å². The molecule has 1 aliphatic carbocycles. The van der Waals surface area contributed by atoms with Crippen LogP contribution >= 0.6 is 11.6 Å². The van der Waals surface area contributed by atoms with E-state index in [1.165, 1.54) is 15.7 Å². The van der Waals surface area contributed by atoms with Gasteiger partial charge in [-0.1, -0.05) is 29.8 Å². The van der Waals surface area contributed by atoms with E-state index in [-0.39, 0.29) is 31.4 Å². The summed E-state index contributed by atoms with van der Waals surface area (Å²) in [6, 6.07) is 10.3. The first-order chi connectivity index (χ1) is 16.3. The van der Waals surface area contributed by atoms with Gasteiger partial charge in [-0.05, 0) is 31.4 Å². The number of hydrogen-bond acceptors (Lipinski definition) is 5. The fraction of sp³-hybridized carbons (Fsp3) is 0.375. The molecular weight excluding hydrogens is 460 g/mol. The SMILES string of the molecule is CN(C(=O)OC[n+]1cccc(C(=O)NCCC(N)=O)c1)C1(c2ccccc2Cl)CCCCC1=O. The van der Waals surface area contributed by atoms with E-state index in [0.29, 0.717) is 29.0 Å². The lowest BCUT2D eigenvalue weighted by molar-refractivity contribution is -0.727. The predicted molar refractivity (Wildman–Crippen MR) is 124 cm³/mol. The number of carbonyl (C=O) groups is 4. The van der Waals surface area contributed by atoms with Gasteiger partial charge in [0.05, 0.1) is 0 Å². The van der Waals surface area contributed by atoms with Crippen molar-refractivity contribution in [2.45, 2.75) is 44.4 Å². The van der Waals surface area contributed by atoms with Gasteiger partial charge in [0.15, 0.2) is 18.2 Å². The van der Waals surface area contributed by atoms with Crippen LogP contribution in [0.25, 0.3) is 0 Å². The lowest BCUT2D eigenvalue weighted by Crippen LogP contribution is -2.55. The van der Waals surface area contributed by atoms with Gasteiger partial charge in [-0.25, -0.2) is 4.79 Å². The average molecular weight is 488 g/mol. The van der Waals surface area contributed by atoms with E-state index in [1.54, 1.807) is 49.6 Å². The molecule has 3 N–H and O–H groups in total. The van der Waals surface area contributed by atoms with Crippen molar-refractivity contribution in [2.24, 2.45) is 5.73 Å². The molecular formula is C24H28ClN4O5+. The van der Waals surface area contributed by atoms with Crippen LogP contribution in [-0.4, -0.2) is 42.2 Å². The van der Waals surface area contributed by atoms with Gasteiger partial charge < -0.3 is 15.8 Å². The van der Waals surface area contributed by atoms with Gasteiger partial charge in [0, 0.05) is 43.1 Å². The molecule has 0 spiro atoms. The van der Waals surface area contributed by atoms with E-state index >= 15 is 0 Å². The zero-order valence-electron chi connectivity index (χ0n) is 19.0. The van der Waals surface area contributed by atoms with Crippen molar-refractivity contribution in [3.63, 3.8) is 0 Å². The normalized spacial score (nSPS) is 17.6. The number of nitrogens with one attached hydrogen (secondary N) is 1. The number of amides is 3. The van der Waals surface area contributed by atoms with Crippen LogP contribution in [0.5, 0.6) is 0 Å². The summed E-state index contributed by atoms with van der Waals surface area (Å²) in [4.78, 5) is 50.6. The summed E-state index contributed by atoms with van der Waals surface area (Å²) >= 11 is 6.44. The second-order valence-corrected chi connectivity index (χ2v) is 8.56. The summed E-state index contributed by atoms with van der Waals surface area (Å²) in [6.45, 7) is -0.0423. The number of carbonyl (C=O) groups excluding carboxylic acids is 4. The third kappa shape index (κ3) is 5.53. The molecule has 1 unspecified atom stereocenters. The molecule has 1 aromatic carbocycles. The summed E-state index contributed by atoms with van der Waals surface area (Å²) in [6.07, 6.45) is 4.85. The van der Waals surface area contributed by atoms with Crippen molar-refractivity contribution in [3.05, 3.63) is 64.9 Å². The molecule has 3 rings (SSSR count). The maximum atomic E-state index is 13.2. The summed E-state index contributed by atoms with van der Waals surface area (Å²) in [5.41, 5.74) is 4.79. The molecule has 0 aliphatic heterocycles. The number of nitrogens with two attached hydrogens (primary N) is 1. The lowest BCUT2D eigenvalue weighted by Gasteiger charge is -2.43. The topological polar surface area (TPSA) is 123 Å². The highest BCUT2D eigenvalue weighted by Gasteiger charge is 2.48. The van der Waals surface area contributed by atoms with Crippen LogP contribution in [-0.2, 0) is 26.6 Å². The molecule has 1 aliphatic rings. The molecule has 9 nitrogen and oxygen atoms in total. The molecule has 10 heteroatoms. The Kier molecular flexibility index (Phi) is 8.22. The smallest absolute Gasteiger partial charge is 0.388 e. The molecule has 180 valence electrons. The summed E-state index contributed by atoms with van der Waals surface area (Å²) in [5.74, 6) is -0.969. The largest absolute Gasteiger partial charge is 0.415 e. The number of benzene rings is 1. The molecule has 1 fully saturated rings. The Bertz CT molecular complexity index is 1090. The highest BCUT2D eigenvalue weighted by Crippen LogP contribution is 2.42. The van der Waals surface area contributed by atoms with Crippen LogP contribution < -0.4 is 15.6 Å². The van der Waals surface area contributed by atoms with E-state index in [0.717, 1.165) is 12.8 Å². The van der Waals surface area contributed by atoms with Gasteiger partial charge in [-0.2, -0.15) is 4.57 Å². The minimum absolute atomic E-state index is 0.0361. The molecule has 0 radical (unpaired) electrons. The number of rotatable bonds is 8. The maximum Gasteiger partial charge on any atom is 0.415 e. The Morgan fingerprint density at radius 3 is 2.68 bits per heavy atom. The molecule has 1 saturated carbocycles. The zero-order valence-corrected chi connectivity index (χ0v) is 19.7. The van der Waals surface area contributed by atoms with Gasteiger partial charge in [-0.15, -0.1) is 0 Å². The van der Waals surface area contributed by atoms with Crippen molar-refractivity contribution < 1.29 is 28.5 Å². The first kappa shape index (κ1) is 25.2. The van der Waals surface area contributed by atoms with Crippen LogP contribution in [0.15, 0.2) is 48.8 Å². The Morgan fingerprint density at radius 2 is 1.97 bits per heavy atom. The zero-order chi connectivity index (χ0) is 24.7. The number of nitrogens with zero attached hydrogens (tertiary/aromatic N) is 2. The van der Waals surface area contributed by atoms with E-state index in [2.05, 4.69) is 5.32 Å². The highest BCUT2D eigenvalue weighted by molar-refractivity contribution is 6.31. The molecule has 0 bridgehead atoms. The number of hydrogen-bond donors (Lipinski definition) is 2. The van der Waals surface area contributed by atoms with Crippen LogP contribution in [0.2, 0.25) is 5.02 Å². The number of pyridine rings is 1. The second-order valence-electron chi connectivity index (χ2n) is 8.15. The third-order valence-electron chi connectivity index (χ3n) is 5.93. The van der Waals surface area contributed by atoms with Gasteiger partial charge in [0.1, 0.15) is 11.1 Å². The standard InChI is InChI=1S/C24H27ClN4O5/c1-28(24(12-5-4-10-20(24)30)18-8-2-3-9-19(18)25)23(33)34-16-29-14-6-7-17(15-29)22(32)27-13-11-21(26)31/h2-3,6-9,14-15H,4-5,10-13,16H2,1H3,(H2-,26,27,31,32)/p+1. The highest BCUT2D eigenvalue weighted by atomic mass is 35.5. The van der Waals surface area contributed by atoms with Crippen LogP contribution in [0.4, 0.5) is 4.79 Å². The second kappa shape index (κ2) is 11.1. The predicted octanol–water partition coefficient (Wildman–Crippen LogP) is 2.30. The number of halogens is 1. The van der Waals surface area contributed by atoms with E-state index < -0.39 is 17.5 Å². The molecule has 3 amide bonds. The summed E-state index contributed by atoms with van der Waals surface area (Å²) in [5, 5.41) is 3.02. The summed E-state index contributed by atoms with van der Waals surface area (Å²) < 4.78 is 7.01. The fourth-order valence-electron chi connectivity index (χ4n) is 4.15. The first-order valence-corrected chi connectivity index (χ1v) is 11.4. The van der Waals surface area contributed by atoms with Crippen LogP contribution in [0, 0.1) is 0 Å². The van der Waals surface area contributed by atoms with E-state index in [4.69, 9.17) is 22.1 Å². The van der Waals surface area contributed by atoms with Crippen LogP contribution in [0.1, 0.15) is 48.0 Å². The molecule has 1 aromatic heterocycles. The average Bonchev–Trinajstić information content (AvgIpc) is 2.83. The van der Waals surface area contributed by atoms with Gasteiger partial charge in [-0.3, -0.25) is 19.3 Å².